The van der Waals surface area contributed by atoms with Crippen LogP contribution in [0.1, 0.15) is 0 Å². The number of hydrogen-bond acceptors (Lipinski definition) is 2. The minimum absolute atomic E-state index is 0.00947. The fourth-order valence-corrected chi connectivity index (χ4v) is 1.09. The third kappa shape index (κ3) is 2.75. The summed E-state index contributed by atoms with van der Waals surface area (Å²) >= 11 is 0. The zero-order valence-corrected chi connectivity index (χ0v) is 7.36. The van der Waals surface area contributed by atoms with Crippen LogP contribution in [-0.4, -0.2) is 44.2 Å². The smallest absolute Gasteiger partial charge is 0.376 e. The third-order valence-electron chi connectivity index (χ3n) is 1.87. The van der Waals surface area contributed by atoms with Gasteiger partial charge in [-0.25, -0.2) is 4.39 Å². The van der Waals surface area contributed by atoms with E-state index in [9.17, 15) is 26.3 Å². The average molecular weight is 238 g/mol. The largest absolute Gasteiger partial charge is 0.425 e. The fraction of sp³-hybridized carbons (Fsp3) is 1.00. The molecule has 0 saturated carbocycles. The Kier molecular flexibility index (Phi) is 3.49. The molecule has 90 valence electrons. The Bertz CT molecular complexity index is 210. The first-order valence-electron chi connectivity index (χ1n) is 4.04. The van der Waals surface area contributed by atoms with Crippen LogP contribution in [0.4, 0.5) is 26.3 Å². The molecule has 0 aliphatic carbocycles. The number of alkyl halides is 6. The molecule has 0 radical (unpaired) electrons. The summed E-state index contributed by atoms with van der Waals surface area (Å²) in [6, 6.07) is 0. The summed E-state index contributed by atoms with van der Waals surface area (Å²) in [7, 11) is 0. The number of rotatable bonds is 2. The van der Waals surface area contributed by atoms with Gasteiger partial charge >= 0.3 is 12.1 Å². The van der Waals surface area contributed by atoms with E-state index in [0.717, 1.165) is 0 Å². The second-order valence-electron chi connectivity index (χ2n) is 3.01. The first kappa shape index (κ1) is 12.6. The zero-order valence-electron chi connectivity index (χ0n) is 7.36. The third-order valence-corrected chi connectivity index (χ3v) is 1.87. The van der Waals surface area contributed by atoms with Gasteiger partial charge in [0.2, 0.25) is 0 Å². The second-order valence-corrected chi connectivity index (χ2v) is 3.01. The molecule has 0 aromatic rings. The van der Waals surface area contributed by atoms with E-state index in [1.807, 2.05) is 0 Å². The molecule has 0 N–H and O–H groups in total. The number of ether oxygens (including phenoxy) is 2. The topological polar surface area (TPSA) is 18.5 Å². The van der Waals surface area contributed by atoms with Crippen LogP contribution in [0.5, 0.6) is 0 Å². The van der Waals surface area contributed by atoms with Gasteiger partial charge in [-0.15, -0.1) is 0 Å². The molecule has 0 bridgehead atoms. The highest BCUT2D eigenvalue weighted by molar-refractivity contribution is 4.90. The molecule has 2 atom stereocenters. The zero-order chi connectivity index (χ0) is 11.7. The molecule has 0 aromatic carbocycles. The van der Waals surface area contributed by atoms with Crippen molar-refractivity contribution in [1.29, 1.82) is 0 Å². The number of halogens is 6. The predicted octanol–water partition coefficient (Wildman–Crippen LogP) is 1.94. The maximum atomic E-state index is 12.9. The van der Waals surface area contributed by atoms with Crippen molar-refractivity contribution >= 4 is 0 Å². The minimum Gasteiger partial charge on any atom is -0.376 e. The summed E-state index contributed by atoms with van der Waals surface area (Å²) in [5, 5.41) is 0. The van der Waals surface area contributed by atoms with Crippen molar-refractivity contribution in [2.45, 2.75) is 24.4 Å². The molecule has 0 spiro atoms. The Balaban J connectivity index is 2.71. The summed E-state index contributed by atoms with van der Waals surface area (Å²) in [6.07, 6.45) is -12.0. The Morgan fingerprint density at radius 1 is 1.07 bits per heavy atom. The summed E-state index contributed by atoms with van der Waals surface area (Å²) in [4.78, 5) is 0. The van der Waals surface area contributed by atoms with E-state index in [-0.39, 0.29) is 13.2 Å². The van der Waals surface area contributed by atoms with Crippen LogP contribution in [-0.2, 0) is 9.47 Å². The Hall–Kier alpha value is -0.500. The molecule has 1 aliphatic heterocycles. The van der Waals surface area contributed by atoms with Crippen molar-refractivity contribution in [3.63, 3.8) is 0 Å². The fourth-order valence-electron chi connectivity index (χ4n) is 1.09. The molecule has 0 amide bonds. The van der Waals surface area contributed by atoms with Crippen molar-refractivity contribution in [3.05, 3.63) is 0 Å². The van der Waals surface area contributed by atoms with Crippen LogP contribution in [0.15, 0.2) is 0 Å². The van der Waals surface area contributed by atoms with Crippen molar-refractivity contribution < 1.29 is 35.8 Å². The maximum Gasteiger partial charge on any atom is 0.425 e. The lowest BCUT2D eigenvalue weighted by molar-refractivity contribution is -0.286. The van der Waals surface area contributed by atoms with E-state index in [1.165, 1.54) is 0 Å². The van der Waals surface area contributed by atoms with Crippen molar-refractivity contribution in [2.75, 3.05) is 19.8 Å². The standard InChI is InChI=1S/C7H8F6O2/c8-5(7(11,12)13)6(9,10)4-3-14-1-2-15-4/h4-5H,1-3H2/t4-,5+/m1/s1. The molecule has 0 aromatic heterocycles. The van der Waals surface area contributed by atoms with Crippen molar-refractivity contribution in [1.82, 2.24) is 0 Å². The highest BCUT2D eigenvalue weighted by Crippen LogP contribution is 2.38. The van der Waals surface area contributed by atoms with Crippen LogP contribution < -0.4 is 0 Å². The number of hydrogen-bond donors (Lipinski definition) is 0. The highest BCUT2D eigenvalue weighted by atomic mass is 19.4. The first-order valence-corrected chi connectivity index (χ1v) is 4.04. The normalized spacial score (nSPS) is 26.4. The highest BCUT2D eigenvalue weighted by Gasteiger charge is 2.61. The van der Waals surface area contributed by atoms with Crippen LogP contribution in [0, 0.1) is 0 Å². The van der Waals surface area contributed by atoms with Crippen LogP contribution in [0.25, 0.3) is 0 Å². The van der Waals surface area contributed by atoms with Gasteiger partial charge in [0.1, 0.15) is 6.10 Å². The maximum absolute atomic E-state index is 12.9. The van der Waals surface area contributed by atoms with Gasteiger partial charge < -0.3 is 9.47 Å². The van der Waals surface area contributed by atoms with Crippen LogP contribution >= 0.6 is 0 Å². The van der Waals surface area contributed by atoms with Gasteiger partial charge in [-0.05, 0) is 0 Å². The van der Waals surface area contributed by atoms with Gasteiger partial charge in [0.25, 0.3) is 6.17 Å². The van der Waals surface area contributed by atoms with Gasteiger partial charge in [-0.3, -0.25) is 0 Å². The van der Waals surface area contributed by atoms with Gasteiger partial charge in [0.15, 0.2) is 0 Å². The summed E-state index contributed by atoms with van der Waals surface area (Å²) in [6.45, 7) is -1.01. The molecular formula is C7H8F6O2. The van der Waals surface area contributed by atoms with Gasteiger partial charge in [0.05, 0.1) is 19.8 Å². The summed E-state index contributed by atoms with van der Waals surface area (Å²) < 4.78 is 82.3. The predicted molar refractivity (Wildman–Crippen MR) is 36.5 cm³/mol. The summed E-state index contributed by atoms with van der Waals surface area (Å²) in [5.41, 5.74) is 0. The minimum atomic E-state index is -5.61. The lowest BCUT2D eigenvalue weighted by Crippen LogP contribution is -2.53. The summed E-state index contributed by atoms with van der Waals surface area (Å²) in [5.74, 6) is -4.63. The Labute approximate surface area is 81.1 Å². The van der Waals surface area contributed by atoms with E-state index in [1.54, 1.807) is 0 Å². The lowest BCUT2D eigenvalue weighted by Gasteiger charge is -2.32. The van der Waals surface area contributed by atoms with Gasteiger partial charge in [-0.1, -0.05) is 0 Å². The van der Waals surface area contributed by atoms with Crippen LogP contribution in [0.2, 0.25) is 0 Å². The molecule has 1 aliphatic rings. The Morgan fingerprint density at radius 3 is 2.07 bits per heavy atom. The first-order chi connectivity index (χ1) is 6.76. The average Bonchev–Trinajstić information content (AvgIpc) is 2.16. The molecule has 1 saturated heterocycles. The Morgan fingerprint density at radius 2 is 1.67 bits per heavy atom. The monoisotopic (exact) mass is 238 g/mol. The van der Waals surface area contributed by atoms with E-state index in [2.05, 4.69) is 9.47 Å². The van der Waals surface area contributed by atoms with E-state index in [4.69, 9.17) is 0 Å². The molecule has 8 heteroatoms. The molecule has 1 fully saturated rings. The van der Waals surface area contributed by atoms with Crippen molar-refractivity contribution in [3.8, 4) is 0 Å². The molecule has 0 unspecified atom stereocenters. The second kappa shape index (κ2) is 4.17. The molecule has 1 heterocycles. The van der Waals surface area contributed by atoms with Gasteiger partial charge in [-0.2, -0.15) is 22.0 Å². The molecule has 1 rings (SSSR count). The molecule has 2 nitrogen and oxygen atoms in total. The van der Waals surface area contributed by atoms with Gasteiger partial charge in [0, 0.05) is 0 Å². The van der Waals surface area contributed by atoms with Crippen LogP contribution in [0.3, 0.4) is 0 Å². The van der Waals surface area contributed by atoms with E-state index in [0.29, 0.717) is 0 Å². The van der Waals surface area contributed by atoms with Crippen molar-refractivity contribution in [2.24, 2.45) is 0 Å². The molecular weight excluding hydrogens is 230 g/mol. The van der Waals surface area contributed by atoms with E-state index < -0.39 is 31.0 Å². The van der Waals surface area contributed by atoms with E-state index >= 15 is 0 Å². The lowest BCUT2D eigenvalue weighted by atomic mass is 10.1. The quantitative estimate of drug-likeness (QED) is 0.684. The molecule has 15 heavy (non-hydrogen) atoms. The SMILES string of the molecule is F[C@H](C(F)(F)F)C(F)(F)[C@H]1COCCO1.